The molecule has 5 nitrogen and oxygen atoms in total. The summed E-state index contributed by atoms with van der Waals surface area (Å²) >= 11 is 0. The van der Waals surface area contributed by atoms with Gasteiger partial charge in [0.25, 0.3) is 0 Å². The van der Waals surface area contributed by atoms with Gasteiger partial charge in [0.05, 0.1) is 0 Å². The Hall–Kier alpha value is -1.40. The van der Waals surface area contributed by atoms with E-state index in [0.29, 0.717) is 24.4 Å². The molecule has 1 fully saturated rings. The molecule has 0 N–H and O–H groups in total. The van der Waals surface area contributed by atoms with Crippen molar-refractivity contribution in [3.05, 3.63) is 30.0 Å². The minimum atomic E-state index is -3.26. The van der Waals surface area contributed by atoms with Gasteiger partial charge in [-0.15, -0.1) is 0 Å². The quantitative estimate of drug-likeness (QED) is 0.849. The molecule has 1 saturated heterocycles. The van der Waals surface area contributed by atoms with Gasteiger partial charge in [-0.2, -0.15) is 0 Å². The number of hydrogen-bond acceptors (Lipinski definition) is 4. The molecule has 0 aliphatic carbocycles. The van der Waals surface area contributed by atoms with Crippen molar-refractivity contribution >= 4 is 21.0 Å². The van der Waals surface area contributed by atoms with Crippen molar-refractivity contribution in [1.29, 1.82) is 0 Å². The van der Waals surface area contributed by atoms with E-state index >= 15 is 0 Å². The molecule has 3 rings (SSSR count). The van der Waals surface area contributed by atoms with Crippen LogP contribution in [-0.4, -0.2) is 31.0 Å². The average Bonchev–Trinajstić information content (AvgIpc) is 2.99. The Morgan fingerprint density at radius 2 is 1.94 bits per heavy atom. The second-order valence-electron chi connectivity index (χ2n) is 4.49. The molecule has 1 aliphatic rings. The SMILES string of the molecule is O=S(=O)(Cc1noc2ccccc12)N1CCCC1. The highest BCUT2D eigenvalue weighted by atomic mass is 32.2. The molecule has 18 heavy (non-hydrogen) atoms. The minimum absolute atomic E-state index is 0.0794. The zero-order valence-corrected chi connectivity index (χ0v) is 10.7. The normalized spacial score (nSPS) is 17.6. The number of benzene rings is 1. The molecule has 0 radical (unpaired) electrons. The van der Waals surface area contributed by atoms with Crippen molar-refractivity contribution in [2.45, 2.75) is 18.6 Å². The third kappa shape index (κ3) is 2.02. The Morgan fingerprint density at radius 3 is 2.72 bits per heavy atom. The van der Waals surface area contributed by atoms with Gasteiger partial charge in [0.2, 0.25) is 10.0 Å². The standard InChI is InChI=1S/C12H14N2O3S/c15-18(16,14-7-3-4-8-14)9-11-10-5-1-2-6-12(10)17-13-11/h1-2,5-6H,3-4,7-9H2. The number of para-hydroxylation sites is 1. The monoisotopic (exact) mass is 266 g/mol. The number of nitrogens with zero attached hydrogens (tertiary/aromatic N) is 2. The van der Waals surface area contributed by atoms with Crippen LogP contribution in [0.1, 0.15) is 18.5 Å². The summed E-state index contributed by atoms with van der Waals surface area (Å²) in [5.74, 6) is -0.0794. The summed E-state index contributed by atoms with van der Waals surface area (Å²) < 4.78 is 31.0. The molecular weight excluding hydrogens is 252 g/mol. The van der Waals surface area contributed by atoms with Crippen molar-refractivity contribution in [2.24, 2.45) is 0 Å². The summed E-state index contributed by atoms with van der Waals surface area (Å²) in [6.45, 7) is 1.25. The van der Waals surface area contributed by atoms with E-state index < -0.39 is 10.0 Å². The van der Waals surface area contributed by atoms with Crippen molar-refractivity contribution in [1.82, 2.24) is 9.46 Å². The van der Waals surface area contributed by atoms with Crippen LogP contribution in [-0.2, 0) is 15.8 Å². The largest absolute Gasteiger partial charge is 0.356 e. The molecule has 1 aromatic carbocycles. The molecule has 6 heteroatoms. The molecule has 0 bridgehead atoms. The second kappa shape index (κ2) is 4.37. The Labute approximate surface area is 105 Å². The van der Waals surface area contributed by atoms with E-state index in [2.05, 4.69) is 5.16 Å². The fourth-order valence-electron chi connectivity index (χ4n) is 2.27. The van der Waals surface area contributed by atoms with E-state index in [0.717, 1.165) is 18.2 Å². The number of sulfonamides is 1. The predicted molar refractivity (Wildman–Crippen MR) is 67.4 cm³/mol. The summed E-state index contributed by atoms with van der Waals surface area (Å²) in [5.41, 5.74) is 1.13. The topological polar surface area (TPSA) is 63.4 Å². The maximum Gasteiger partial charge on any atom is 0.220 e. The Balaban J connectivity index is 1.92. The molecule has 1 aliphatic heterocycles. The van der Waals surface area contributed by atoms with Crippen molar-refractivity contribution < 1.29 is 12.9 Å². The van der Waals surface area contributed by atoms with E-state index in [1.807, 2.05) is 18.2 Å². The van der Waals surface area contributed by atoms with Crippen molar-refractivity contribution in [2.75, 3.05) is 13.1 Å². The third-order valence-electron chi connectivity index (χ3n) is 3.23. The maximum absolute atomic E-state index is 12.2. The summed E-state index contributed by atoms with van der Waals surface area (Å²) in [5, 5.41) is 4.65. The van der Waals surface area contributed by atoms with Gasteiger partial charge < -0.3 is 4.52 Å². The van der Waals surface area contributed by atoms with E-state index in [1.165, 1.54) is 4.31 Å². The van der Waals surface area contributed by atoms with E-state index in [4.69, 9.17) is 4.52 Å². The lowest BCUT2D eigenvalue weighted by Crippen LogP contribution is -2.29. The first-order valence-corrected chi connectivity index (χ1v) is 7.59. The zero-order valence-electron chi connectivity index (χ0n) is 9.87. The van der Waals surface area contributed by atoms with Crippen LogP contribution in [0.4, 0.5) is 0 Å². The smallest absolute Gasteiger partial charge is 0.220 e. The summed E-state index contributed by atoms with van der Waals surface area (Å²) in [6.07, 6.45) is 1.89. The first kappa shape index (κ1) is 11.7. The van der Waals surface area contributed by atoms with Crippen LogP contribution in [0, 0.1) is 0 Å². The van der Waals surface area contributed by atoms with Gasteiger partial charge in [-0.1, -0.05) is 17.3 Å². The zero-order chi connectivity index (χ0) is 12.6. The molecule has 0 unspecified atom stereocenters. The van der Waals surface area contributed by atoms with Gasteiger partial charge in [-0.3, -0.25) is 0 Å². The minimum Gasteiger partial charge on any atom is -0.356 e. The van der Waals surface area contributed by atoms with E-state index in [9.17, 15) is 8.42 Å². The highest BCUT2D eigenvalue weighted by Gasteiger charge is 2.27. The van der Waals surface area contributed by atoms with Crippen molar-refractivity contribution in [3.63, 3.8) is 0 Å². The van der Waals surface area contributed by atoms with Gasteiger partial charge in [0, 0.05) is 18.5 Å². The Kier molecular flexibility index (Phi) is 2.83. The summed E-state index contributed by atoms with van der Waals surface area (Å²) in [4.78, 5) is 0. The molecule has 0 saturated carbocycles. The van der Waals surface area contributed by atoms with Gasteiger partial charge in [0.15, 0.2) is 5.58 Å². The lowest BCUT2D eigenvalue weighted by atomic mass is 10.2. The van der Waals surface area contributed by atoms with Gasteiger partial charge in [0.1, 0.15) is 11.4 Å². The van der Waals surface area contributed by atoms with Crippen LogP contribution in [0.25, 0.3) is 11.0 Å². The molecule has 1 aromatic heterocycles. The molecule has 0 atom stereocenters. The molecule has 2 heterocycles. The molecule has 96 valence electrons. The third-order valence-corrected chi connectivity index (χ3v) is 5.02. The van der Waals surface area contributed by atoms with Crippen LogP contribution in [0.15, 0.2) is 28.8 Å². The first-order chi connectivity index (χ1) is 8.67. The number of fused-ring (bicyclic) bond motifs is 1. The molecule has 0 amide bonds. The summed E-state index contributed by atoms with van der Waals surface area (Å²) in [6, 6.07) is 7.31. The van der Waals surface area contributed by atoms with Gasteiger partial charge in [-0.25, -0.2) is 12.7 Å². The summed E-state index contributed by atoms with van der Waals surface area (Å²) in [7, 11) is -3.26. The van der Waals surface area contributed by atoms with Crippen LogP contribution >= 0.6 is 0 Å². The van der Waals surface area contributed by atoms with Crippen LogP contribution < -0.4 is 0 Å². The first-order valence-electron chi connectivity index (χ1n) is 5.98. The fourth-order valence-corrected chi connectivity index (χ4v) is 3.82. The molecular formula is C12H14N2O3S. The average molecular weight is 266 g/mol. The number of hydrogen-bond donors (Lipinski definition) is 0. The lowest BCUT2D eigenvalue weighted by molar-refractivity contribution is 0.444. The number of aromatic nitrogens is 1. The molecule has 0 spiro atoms. The predicted octanol–water partition coefficient (Wildman–Crippen LogP) is 1.75. The van der Waals surface area contributed by atoms with Gasteiger partial charge in [-0.05, 0) is 25.0 Å². The Bertz CT molecular complexity index is 657. The lowest BCUT2D eigenvalue weighted by Gasteiger charge is -2.13. The Morgan fingerprint density at radius 1 is 1.22 bits per heavy atom. The van der Waals surface area contributed by atoms with Crippen LogP contribution in [0.3, 0.4) is 0 Å². The maximum atomic E-state index is 12.2. The van der Waals surface area contributed by atoms with Crippen molar-refractivity contribution in [3.8, 4) is 0 Å². The second-order valence-corrected chi connectivity index (χ2v) is 6.46. The van der Waals surface area contributed by atoms with Gasteiger partial charge >= 0.3 is 0 Å². The highest BCUT2D eigenvalue weighted by molar-refractivity contribution is 7.88. The van der Waals surface area contributed by atoms with E-state index in [1.54, 1.807) is 6.07 Å². The number of rotatable bonds is 3. The van der Waals surface area contributed by atoms with E-state index in [-0.39, 0.29) is 5.75 Å². The van der Waals surface area contributed by atoms with Crippen LogP contribution in [0.5, 0.6) is 0 Å². The fraction of sp³-hybridized carbons (Fsp3) is 0.417. The van der Waals surface area contributed by atoms with Crippen LogP contribution in [0.2, 0.25) is 0 Å². The highest BCUT2D eigenvalue weighted by Crippen LogP contribution is 2.22. The molecule has 2 aromatic rings.